The van der Waals surface area contributed by atoms with Crippen molar-refractivity contribution in [3.05, 3.63) is 77.0 Å². The van der Waals surface area contributed by atoms with E-state index in [0.29, 0.717) is 30.6 Å². The Morgan fingerprint density at radius 3 is 2.39 bits per heavy atom. The molecule has 0 unspecified atom stereocenters. The number of carbonyl (C=O) groups is 3. The number of aromatic amines is 1. The van der Waals surface area contributed by atoms with E-state index in [0.717, 1.165) is 24.2 Å². The van der Waals surface area contributed by atoms with Crippen LogP contribution in [0.15, 0.2) is 54.6 Å². The third kappa shape index (κ3) is 6.98. The van der Waals surface area contributed by atoms with Gasteiger partial charge in [-0.3, -0.25) is 9.69 Å². The molecular weight excluding hydrogens is 698 g/mol. The Balaban J connectivity index is 1.10. The molecule has 1 saturated heterocycles. The van der Waals surface area contributed by atoms with Crippen molar-refractivity contribution in [3.8, 4) is 23.0 Å². The standard InChI is InChI=1S/C40H45N3O11/c1-47-25-9-10-26-27-11-12-43-19-23-16-33(37(50-4)34(39(45)51-5)28(23)18-30(43)35(27)42-29(26)17-25)53-38(44)22-14-31(48-2)36(32(15-22)49-3)54-40(46)52-20-21-7-6-8-24(41)13-21/h6-10,13-15,17,23,28,30,33-34,37,42H,11-12,16,18-20,41H2,1-5H3/t23-,28+,30-,33-,34+,37+/m1/s1. The fraction of sp³-hybridized carbons (Fsp3) is 0.425. The van der Waals surface area contributed by atoms with Crippen LogP contribution in [0.2, 0.25) is 0 Å². The van der Waals surface area contributed by atoms with E-state index in [-0.39, 0.29) is 47.3 Å². The van der Waals surface area contributed by atoms with Crippen molar-refractivity contribution in [1.29, 1.82) is 0 Å². The number of carbonyl (C=O) groups excluding carboxylic acids is 3. The molecule has 0 spiro atoms. The zero-order valence-corrected chi connectivity index (χ0v) is 30.9. The lowest BCUT2D eigenvalue weighted by Gasteiger charge is -2.52. The molecule has 14 heteroatoms. The van der Waals surface area contributed by atoms with Gasteiger partial charge in [0.2, 0.25) is 5.75 Å². The molecule has 3 aliphatic rings. The number of benzene rings is 3. The van der Waals surface area contributed by atoms with Crippen LogP contribution in [0.1, 0.15) is 46.1 Å². The first-order valence-electron chi connectivity index (χ1n) is 17.8. The first kappa shape index (κ1) is 36.9. The Morgan fingerprint density at radius 1 is 0.926 bits per heavy atom. The molecule has 6 atom stereocenters. The van der Waals surface area contributed by atoms with Crippen molar-refractivity contribution in [2.24, 2.45) is 17.8 Å². The maximum absolute atomic E-state index is 13.9. The van der Waals surface area contributed by atoms with Crippen LogP contribution in [-0.2, 0) is 36.8 Å². The Morgan fingerprint density at radius 2 is 1.70 bits per heavy atom. The summed E-state index contributed by atoms with van der Waals surface area (Å²) in [6, 6.07) is 15.9. The number of rotatable bonds is 10. The molecule has 14 nitrogen and oxygen atoms in total. The van der Waals surface area contributed by atoms with Crippen LogP contribution in [0.5, 0.6) is 23.0 Å². The van der Waals surface area contributed by atoms with Gasteiger partial charge in [-0.2, -0.15) is 0 Å². The number of esters is 2. The summed E-state index contributed by atoms with van der Waals surface area (Å²) in [5.74, 6) is -1.04. The number of nitrogens with two attached hydrogens (primary N) is 1. The summed E-state index contributed by atoms with van der Waals surface area (Å²) in [7, 11) is 7.28. The topological polar surface area (TPSA) is 170 Å². The lowest BCUT2D eigenvalue weighted by molar-refractivity contribution is -0.176. The predicted molar refractivity (Wildman–Crippen MR) is 196 cm³/mol. The van der Waals surface area contributed by atoms with E-state index in [1.807, 2.05) is 12.1 Å². The van der Waals surface area contributed by atoms with Gasteiger partial charge >= 0.3 is 18.1 Å². The van der Waals surface area contributed by atoms with Gasteiger partial charge in [0, 0.05) is 48.5 Å². The molecular formula is C40H45N3O11. The molecule has 2 fully saturated rings. The molecule has 4 aromatic rings. The SMILES string of the molecule is COC(=O)[C@H]1[C@H]2C[C@@H]3c4[nH]c5cc(OC)ccc5c4CCN3C[C@H]2C[C@@H](OC(=O)c2cc(OC)c(OC(=O)OCc3cccc(N)c3)c(OC)c2)[C@@H]1OC. The van der Waals surface area contributed by atoms with E-state index < -0.39 is 36.2 Å². The molecule has 3 N–H and O–H groups in total. The van der Waals surface area contributed by atoms with Crippen molar-refractivity contribution >= 4 is 34.7 Å². The summed E-state index contributed by atoms with van der Waals surface area (Å²) in [5, 5.41) is 1.18. The maximum Gasteiger partial charge on any atom is 0.514 e. The van der Waals surface area contributed by atoms with E-state index in [9.17, 15) is 14.4 Å². The molecule has 2 aliphatic heterocycles. The zero-order valence-electron chi connectivity index (χ0n) is 30.9. The predicted octanol–water partition coefficient (Wildman–Crippen LogP) is 5.46. The molecule has 0 radical (unpaired) electrons. The van der Waals surface area contributed by atoms with Crippen LogP contribution in [0, 0.1) is 17.8 Å². The summed E-state index contributed by atoms with van der Waals surface area (Å²) in [4.78, 5) is 46.2. The molecule has 3 aromatic carbocycles. The molecule has 0 amide bonds. The quantitative estimate of drug-likeness (QED) is 0.0910. The lowest BCUT2D eigenvalue weighted by Crippen LogP contribution is -2.58. The van der Waals surface area contributed by atoms with Crippen molar-refractivity contribution in [1.82, 2.24) is 9.88 Å². The molecule has 7 rings (SSSR count). The Hall–Kier alpha value is -5.47. The first-order chi connectivity index (χ1) is 26.2. The average Bonchev–Trinajstić information content (AvgIpc) is 3.56. The number of anilines is 1. The highest BCUT2D eigenvalue weighted by Crippen LogP contribution is 2.51. The largest absolute Gasteiger partial charge is 0.514 e. The maximum atomic E-state index is 13.9. The fourth-order valence-electron chi connectivity index (χ4n) is 8.60. The van der Waals surface area contributed by atoms with Crippen LogP contribution < -0.4 is 24.7 Å². The smallest absolute Gasteiger partial charge is 0.497 e. The summed E-state index contributed by atoms with van der Waals surface area (Å²) in [5.41, 5.74) is 10.6. The van der Waals surface area contributed by atoms with Crippen LogP contribution in [0.3, 0.4) is 0 Å². The minimum Gasteiger partial charge on any atom is -0.497 e. The van der Waals surface area contributed by atoms with Crippen LogP contribution in [0.4, 0.5) is 10.5 Å². The van der Waals surface area contributed by atoms with Crippen molar-refractivity contribution in [2.45, 2.75) is 44.1 Å². The number of methoxy groups -OCH3 is 5. The Bertz CT molecular complexity index is 2020. The number of H-pyrrole nitrogens is 1. The lowest BCUT2D eigenvalue weighted by atomic mass is 9.63. The third-order valence-electron chi connectivity index (χ3n) is 11.0. The summed E-state index contributed by atoms with van der Waals surface area (Å²) < 4.78 is 44.7. The number of piperidine rings is 1. The molecule has 1 aliphatic carbocycles. The number of nitrogens with one attached hydrogen (secondary N) is 1. The number of ether oxygens (including phenoxy) is 8. The summed E-state index contributed by atoms with van der Waals surface area (Å²) in [6.45, 7) is 1.50. The minimum absolute atomic E-state index is 0.0266. The Labute approximate surface area is 312 Å². The number of fused-ring (bicyclic) bond motifs is 6. The molecule has 286 valence electrons. The second-order valence-corrected chi connectivity index (χ2v) is 13.9. The highest BCUT2D eigenvalue weighted by atomic mass is 16.7. The monoisotopic (exact) mass is 743 g/mol. The van der Waals surface area contributed by atoms with Gasteiger partial charge in [0.25, 0.3) is 0 Å². The summed E-state index contributed by atoms with van der Waals surface area (Å²) in [6.07, 6.45) is -0.456. The molecule has 1 saturated carbocycles. The van der Waals surface area contributed by atoms with Crippen molar-refractivity contribution in [2.75, 3.05) is 54.4 Å². The number of nitrogen functional groups attached to an aromatic ring is 1. The zero-order chi connectivity index (χ0) is 38.1. The second-order valence-electron chi connectivity index (χ2n) is 13.9. The molecule has 1 aromatic heterocycles. The summed E-state index contributed by atoms with van der Waals surface area (Å²) >= 11 is 0. The second kappa shape index (κ2) is 15.5. The van der Waals surface area contributed by atoms with Crippen molar-refractivity contribution < 1.29 is 52.3 Å². The Kier molecular flexibility index (Phi) is 10.6. The van der Waals surface area contributed by atoms with Gasteiger partial charge in [-0.25, -0.2) is 9.59 Å². The van der Waals surface area contributed by atoms with E-state index in [1.165, 1.54) is 57.2 Å². The van der Waals surface area contributed by atoms with Crippen LogP contribution in [0.25, 0.3) is 10.9 Å². The van der Waals surface area contributed by atoms with Gasteiger partial charge in [-0.1, -0.05) is 12.1 Å². The van der Waals surface area contributed by atoms with Gasteiger partial charge in [0.15, 0.2) is 11.5 Å². The first-order valence-corrected chi connectivity index (χ1v) is 17.8. The van der Waals surface area contributed by atoms with Gasteiger partial charge in [0.1, 0.15) is 24.6 Å². The number of aromatic nitrogens is 1. The number of hydrogen-bond acceptors (Lipinski definition) is 13. The molecule has 3 heterocycles. The highest BCUT2D eigenvalue weighted by Gasteiger charge is 2.54. The van der Waals surface area contributed by atoms with Gasteiger partial charge < -0.3 is 48.6 Å². The van der Waals surface area contributed by atoms with E-state index >= 15 is 0 Å². The van der Waals surface area contributed by atoms with E-state index in [1.54, 1.807) is 31.4 Å². The highest BCUT2D eigenvalue weighted by molar-refractivity contribution is 5.92. The number of nitrogens with zero attached hydrogens (tertiary/aromatic N) is 1. The van der Waals surface area contributed by atoms with E-state index in [2.05, 4.69) is 16.0 Å². The van der Waals surface area contributed by atoms with Crippen molar-refractivity contribution in [3.63, 3.8) is 0 Å². The normalized spacial score (nSPS) is 23.3. The van der Waals surface area contributed by atoms with E-state index in [4.69, 9.17) is 43.6 Å². The van der Waals surface area contributed by atoms with Crippen LogP contribution >= 0.6 is 0 Å². The number of hydrogen-bond donors (Lipinski definition) is 2. The van der Waals surface area contributed by atoms with Crippen LogP contribution in [-0.4, -0.2) is 88.8 Å². The van der Waals surface area contributed by atoms with Gasteiger partial charge in [-0.05, 0) is 78.6 Å². The third-order valence-corrected chi connectivity index (χ3v) is 11.0. The average molecular weight is 744 g/mol. The molecule has 54 heavy (non-hydrogen) atoms. The fourth-order valence-corrected chi connectivity index (χ4v) is 8.60. The van der Waals surface area contributed by atoms with Gasteiger partial charge in [0.05, 0.1) is 46.0 Å². The minimum atomic E-state index is -1.01. The molecule has 0 bridgehead atoms. The van der Waals surface area contributed by atoms with Gasteiger partial charge in [-0.15, -0.1) is 0 Å².